The van der Waals surface area contributed by atoms with Crippen molar-refractivity contribution >= 4 is 34.8 Å². The van der Waals surface area contributed by atoms with E-state index in [1.807, 2.05) is 37.1 Å². The summed E-state index contributed by atoms with van der Waals surface area (Å²) in [5.41, 5.74) is 5.66. The van der Waals surface area contributed by atoms with Crippen LogP contribution in [0.25, 0.3) is 44.4 Å². The van der Waals surface area contributed by atoms with Crippen LogP contribution in [0.4, 0.5) is 18.4 Å². The molecule has 346 valence electrons. The van der Waals surface area contributed by atoms with Gasteiger partial charge in [0.1, 0.15) is 23.7 Å². The molecule has 0 radical (unpaired) electrons. The van der Waals surface area contributed by atoms with Gasteiger partial charge in [-0.05, 0) is 101 Å². The molecule has 1 spiro atoms. The number of alkyl halides is 2. The van der Waals surface area contributed by atoms with Gasteiger partial charge in [-0.25, -0.2) is 19.6 Å². The summed E-state index contributed by atoms with van der Waals surface area (Å²) in [4.78, 5) is 72.5. The predicted octanol–water partition coefficient (Wildman–Crippen LogP) is 8.29. The lowest BCUT2D eigenvalue weighted by Crippen LogP contribution is -2.53. The molecular weight excluding hydrogens is 851 g/mol. The summed E-state index contributed by atoms with van der Waals surface area (Å²) >= 11 is 0. The average Bonchev–Trinajstić information content (AvgIpc) is 3.96. The van der Waals surface area contributed by atoms with Gasteiger partial charge < -0.3 is 44.6 Å². The fourth-order valence-electron chi connectivity index (χ4n) is 10.2. The number of benzene rings is 3. The van der Waals surface area contributed by atoms with Crippen LogP contribution in [0, 0.1) is 17.3 Å². The maximum absolute atomic E-state index is 14.1. The Morgan fingerprint density at radius 2 is 1.42 bits per heavy atom. The third-order valence-corrected chi connectivity index (χ3v) is 13.9. The van der Waals surface area contributed by atoms with Crippen molar-refractivity contribution in [2.24, 2.45) is 17.3 Å². The van der Waals surface area contributed by atoms with Crippen LogP contribution in [0.2, 0.25) is 0 Å². The number of nitrogens with one attached hydrogen (secondary N) is 4. The Hall–Kier alpha value is -6.62. The number of imidazole rings is 2. The highest BCUT2D eigenvalue weighted by Gasteiger charge is 2.55. The zero-order valence-corrected chi connectivity index (χ0v) is 37.3. The number of nitrogens with zero attached hydrogens (tertiary/aromatic N) is 4. The number of likely N-dealkylation sites (tertiary alicyclic amines) is 2. The van der Waals surface area contributed by atoms with Gasteiger partial charge in [0.25, 0.3) is 5.91 Å². The summed E-state index contributed by atoms with van der Waals surface area (Å²) in [5.74, 6) is 0.734. The number of amides is 4. The summed E-state index contributed by atoms with van der Waals surface area (Å²) in [5, 5.41) is 7.33. The van der Waals surface area contributed by atoms with Gasteiger partial charge >= 0.3 is 18.8 Å². The Morgan fingerprint density at radius 1 is 0.818 bits per heavy atom. The number of alkyl carbamates (subject to hydrolysis) is 2. The molecule has 2 saturated heterocycles. The van der Waals surface area contributed by atoms with Crippen molar-refractivity contribution in [1.29, 1.82) is 0 Å². The molecule has 4 amide bonds. The summed E-state index contributed by atoms with van der Waals surface area (Å²) in [6.07, 6.45) is 7.44. The molecule has 4 aliphatic rings. The monoisotopic (exact) mass is 904 g/mol. The molecule has 5 aromatic rings. The Morgan fingerprint density at radius 3 is 2.09 bits per heavy atom. The van der Waals surface area contributed by atoms with E-state index < -0.39 is 49.4 Å². The second kappa shape index (κ2) is 18.0. The molecule has 9 rings (SSSR count). The zero-order valence-electron chi connectivity index (χ0n) is 37.3. The second-order valence-electron chi connectivity index (χ2n) is 18.5. The number of H-pyrrole nitrogens is 2. The van der Waals surface area contributed by atoms with E-state index >= 15 is 0 Å². The molecule has 66 heavy (non-hydrogen) atoms. The van der Waals surface area contributed by atoms with Crippen molar-refractivity contribution in [3.8, 4) is 33.6 Å². The van der Waals surface area contributed by atoms with Crippen molar-refractivity contribution in [3.05, 3.63) is 96.9 Å². The fourth-order valence-corrected chi connectivity index (χ4v) is 10.2. The first-order chi connectivity index (χ1) is 31.7. The van der Waals surface area contributed by atoms with E-state index in [4.69, 9.17) is 19.4 Å². The number of fused-ring (bicyclic) bond motifs is 3. The van der Waals surface area contributed by atoms with Crippen molar-refractivity contribution < 1.29 is 42.2 Å². The summed E-state index contributed by atoms with van der Waals surface area (Å²) in [6, 6.07) is 18.0. The standard InChI is InChI=1S/C49H54F2N8O7/c1-26(2)39(56-47(62)64-4)44(60)58-25-49(16-17-49)21-38(58)42-52-23-37(54-42)33-13-12-31-18-30(10-11-32(31)19-33)28-6-8-29(9-7-28)36-22-53-43(55-36)41-34-14-15-35(20-34)59(41)45(61)40(57-48(63)65-5)27(3)24-66-46(50)51/h6-13,18-19,22-23,26,34-35,38-41,46H,3,14-17,20-21,24-25H2,1-2,4-5H3,(H,52,54)(H,53,55)(H,56,62)(H,57,63)/t34-,35+,38-,39-,40-,41?/m0/s1. The summed E-state index contributed by atoms with van der Waals surface area (Å²) < 4.78 is 39.7. The van der Waals surface area contributed by atoms with Crippen LogP contribution in [-0.4, -0.2) is 106 Å². The van der Waals surface area contributed by atoms with Crippen LogP contribution < -0.4 is 10.6 Å². The molecule has 17 heteroatoms. The number of hydrogen-bond acceptors (Lipinski definition) is 9. The van der Waals surface area contributed by atoms with Gasteiger partial charge in [-0.3, -0.25) is 9.59 Å². The van der Waals surface area contributed by atoms with Crippen LogP contribution in [0.15, 0.2) is 85.2 Å². The summed E-state index contributed by atoms with van der Waals surface area (Å²) in [6.45, 7) is 4.56. The Kier molecular flexibility index (Phi) is 12.1. The Bertz CT molecular complexity index is 2660. The molecule has 4 fully saturated rings. The lowest BCUT2D eigenvalue weighted by atomic mass is 9.96. The van der Waals surface area contributed by atoms with Gasteiger partial charge in [0.15, 0.2) is 0 Å². The summed E-state index contributed by atoms with van der Waals surface area (Å²) in [7, 11) is 2.45. The molecule has 2 bridgehead atoms. The maximum atomic E-state index is 14.1. The fraction of sp³-hybridized carbons (Fsp3) is 0.429. The number of methoxy groups -OCH3 is 2. The number of aromatic amines is 2. The number of aromatic nitrogens is 4. The first-order valence-corrected chi connectivity index (χ1v) is 22.4. The molecule has 2 saturated carbocycles. The molecule has 4 heterocycles. The third-order valence-electron chi connectivity index (χ3n) is 13.9. The van der Waals surface area contributed by atoms with E-state index in [1.165, 1.54) is 7.11 Å². The van der Waals surface area contributed by atoms with Crippen LogP contribution in [0.5, 0.6) is 0 Å². The highest BCUT2D eigenvalue weighted by atomic mass is 19.3. The molecule has 2 aliphatic carbocycles. The van der Waals surface area contributed by atoms with E-state index in [2.05, 4.69) is 80.4 Å². The zero-order chi connectivity index (χ0) is 46.4. The maximum Gasteiger partial charge on any atom is 0.407 e. The van der Waals surface area contributed by atoms with Gasteiger partial charge in [-0.1, -0.05) is 69.0 Å². The van der Waals surface area contributed by atoms with E-state index in [-0.39, 0.29) is 40.8 Å². The van der Waals surface area contributed by atoms with Crippen molar-refractivity contribution in [2.45, 2.75) is 89.2 Å². The Labute approximate surface area is 380 Å². The number of halogens is 2. The minimum absolute atomic E-state index is 0.0186. The Balaban J connectivity index is 0.889. The quantitative estimate of drug-likeness (QED) is 0.0797. The van der Waals surface area contributed by atoms with Crippen LogP contribution in [0.3, 0.4) is 0 Å². The molecule has 15 nitrogen and oxygen atoms in total. The molecule has 2 aliphatic heterocycles. The predicted molar refractivity (Wildman–Crippen MR) is 241 cm³/mol. The molecule has 3 aromatic carbocycles. The SMILES string of the molecule is C=C(COC(F)F)[C@H](NC(=O)OC)C(=O)N1C(c2ncc(-c3ccc(-c4ccc5cc(-c6cnc([C@@H]7CC8(CC8)CN7C(=O)[C@@H](NC(=O)OC)C(C)C)[nH]6)ccc5c4)cc3)[nH]2)[C@H]2CC[C@@H]1C2. The average molecular weight is 905 g/mol. The molecular formula is C49H54F2N8O7. The van der Waals surface area contributed by atoms with E-state index in [0.717, 1.165) is 95.9 Å². The third kappa shape index (κ3) is 8.75. The van der Waals surface area contributed by atoms with Gasteiger partial charge in [-0.15, -0.1) is 0 Å². The molecule has 1 unspecified atom stereocenters. The first kappa shape index (κ1) is 44.6. The minimum Gasteiger partial charge on any atom is -0.453 e. The molecule has 4 N–H and O–H groups in total. The second-order valence-corrected chi connectivity index (χ2v) is 18.5. The molecule has 2 aromatic heterocycles. The van der Waals surface area contributed by atoms with Gasteiger partial charge in [0, 0.05) is 18.2 Å². The number of ether oxygens (including phenoxy) is 3. The van der Waals surface area contributed by atoms with E-state index in [1.54, 1.807) is 11.1 Å². The van der Waals surface area contributed by atoms with Crippen molar-refractivity contribution in [2.75, 3.05) is 27.4 Å². The number of carbonyl (C=O) groups is 4. The molecule has 6 atom stereocenters. The number of rotatable bonds is 14. The largest absolute Gasteiger partial charge is 0.453 e. The number of carbonyl (C=O) groups excluding carboxylic acids is 4. The van der Waals surface area contributed by atoms with Crippen LogP contribution >= 0.6 is 0 Å². The topological polar surface area (TPSA) is 184 Å². The van der Waals surface area contributed by atoms with Crippen LogP contribution in [-0.2, 0) is 23.8 Å². The lowest BCUT2D eigenvalue weighted by molar-refractivity contribution is -0.139. The van der Waals surface area contributed by atoms with Crippen molar-refractivity contribution in [1.82, 2.24) is 40.4 Å². The van der Waals surface area contributed by atoms with E-state index in [0.29, 0.717) is 12.4 Å². The minimum atomic E-state index is -3.07. The van der Waals surface area contributed by atoms with Crippen LogP contribution in [0.1, 0.15) is 76.1 Å². The van der Waals surface area contributed by atoms with Crippen molar-refractivity contribution in [3.63, 3.8) is 0 Å². The smallest absolute Gasteiger partial charge is 0.407 e. The van der Waals surface area contributed by atoms with Gasteiger partial charge in [-0.2, -0.15) is 8.78 Å². The number of hydrogen-bond donors (Lipinski definition) is 4. The normalized spacial score (nSPS) is 21.4. The first-order valence-electron chi connectivity index (χ1n) is 22.4. The lowest BCUT2D eigenvalue weighted by Gasteiger charge is -2.37. The van der Waals surface area contributed by atoms with Gasteiger partial charge in [0.2, 0.25) is 5.91 Å². The highest BCUT2D eigenvalue weighted by molar-refractivity contribution is 5.91. The van der Waals surface area contributed by atoms with E-state index in [9.17, 15) is 28.0 Å². The van der Waals surface area contributed by atoms with Gasteiger partial charge in [0.05, 0.1) is 56.7 Å². The highest BCUT2D eigenvalue weighted by Crippen LogP contribution is 2.58. The number of piperidine rings is 1.